The van der Waals surface area contributed by atoms with Gasteiger partial charge in [-0.2, -0.15) is 16.9 Å². The van der Waals surface area contributed by atoms with Crippen LogP contribution in [-0.4, -0.2) is 68.3 Å². The molecule has 1 aromatic rings. The Kier molecular flexibility index (Phi) is 6.26. The standard InChI is InChI=1S/C24H27N5O5S/c1-34-24(33)17-13-27(12-16-21(17)25-26-22(16)31)19(6-7-35-2)23(32)28-9-14-8-15(11-28)18-4-3-5-20(30)29(18)10-14/h3-5,12-15,19H,6-11H2,1-2H3,(H,26,31)/t14-,15+,19-/m1/s1. The summed E-state index contributed by atoms with van der Waals surface area (Å²) in [4.78, 5) is 53.0. The fourth-order valence-corrected chi connectivity index (χ4v) is 5.87. The minimum atomic E-state index is -0.624. The number of hydrogen-bond donors (Lipinski definition) is 1. The summed E-state index contributed by atoms with van der Waals surface area (Å²) in [5.41, 5.74) is 1.15. The van der Waals surface area contributed by atoms with Crippen molar-refractivity contribution in [3.8, 4) is 11.3 Å². The van der Waals surface area contributed by atoms with E-state index < -0.39 is 17.6 Å². The molecule has 2 bridgehead atoms. The zero-order valence-electron chi connectivity index (χ0n) is 19.6. The van der Waals surface area contributed by atoms with Gasteiger partial charge in [0.05, 0.1) is 12.7 Å². The second-order valence-corrected chi connectivity index (χ2v) is 10.1. The number of hydrogen-bond acceptors (Lipinski definition) is 7. The maximum absolute atomic E-state index is 13.9. The molecule has 184 valence electrons. The number of carbonyl (C=O) groups excluding carboxylic acids is 2. The van der Waals surface area contributed by atoms with Crippen molar-refractivity contribution in [1.82, 2.24) is 24.2 Å². The maximum Gasteiger partial charge on any atom is 0.341 e. The van der Waals surface area contributed by atoms with Crippen molar-refractivity contribution in [3.63, 3.8) is 0 Å². The van der Waals surface area contributed by atoms with E-state index in [0.717, 1.165) is 17.9 Å². The van der Waals surface area contributed by atoms with Crippen LogP contribution in [0.4, 0.5) is 0 Å². The largest absolute Gasteiger partial charge is 0.465 e. The molecule has 0 saturated carbocycles. The highest BCUT2D eigenvalue weighted by atomic mass is 32.2. The highest BCUT2D eigenvalue weighted by Gasteiger charge is 2.38. The highest BCUT2D eigenvalue weighted by Crippen LogP contribution is 2.36. The average Bonchev–Trinajstić information content (AvgIpc) is 3.24. The number of aromatic amines is 1. The van der Waals surface area contributed by atoms with E-state index in [0.29, 0.717) is 26.1 Å². The van der Waals surface area contributed by atoms with Gasteiger partial charge >= 0.3 is 5.97 Å². The molecule has 4 aliphatic rings. The number of nitrogens with one attached hydrogen (secondary N) is 1. The molecule has 35 heavy (non-hydrogen) atoms. The molecule has 1 fully saturated rings. The number of rotatable bonds is 6. The first kappa shape index (κ1) is 23.4. The van der Waals surface area contributed by atoms with Crippen LogP contribution in [0.5, 0.6) is 0 Å². The van der Waals surface area contributed by atoms with E-state index >= 15 is 0 Å². The van der Waals surface area contributed by atoms with Gasteiger partial charge in [0, 0.05) is 49.7 Å². The summed E-state index contributed by atoms with van der Waals surface area (Å²) < 4.78 is 8.40. The van der Waals surface area contributed by atoms with E-state index in [1.807, 2.05) is 21.8 Å². The molecule has 1 saturated heterocycles. The second kappa shape index (κ2) is 9.37. The van der Waals surface area contributed by atoms with Crippen LogP contribution in [0.25, 0.3) is 11.3 Å². The number of fused-ring (bicyclic) bond motifs is 5. The maximum atomic E-state index is 13.9. The third kappa shape index (κ3) is 4.18. The lowest BCUT2D eigenvalue weighted by atomic mass is 9.83. The zero-order chi connectivity index (χ0) is 24.7. The molecule has 4 aliphatic heterocycles. The molecule has 5 rings (SSSR count). The van der Waals surface area contributed by atoms with Crippen molar-refractivity contribution >= 4 is 23.6 Å². The number of thioether (sulfide) groups is 1. The average molecular weight is 498 g/mol. The number of ether oxygens (including phenoxy) is 1. The van der Waals surface area contributed by atoms with Crippen molar-refractivity contribution in [3.05, 3.63) is 62.6 Å². The molecule has 1 amide bonds. The van der Waals surface area contributed by atoms with Crippen molar-refractivity contribution in [2.24, 2.45) is 5.92 Å². The summed E-state index contributed by atoms with van der Waals surface area (Å²) in [6.45, 7) is 1.70. The van der Waals surface area contributed by atoms with Gasteiger partial charge in [0.1, 0.15) is 17.3 Å². The fraction of sp³-hybridized carbons (Fsp3) is 0.458. The monoisotopic (exact) mass is 497 g/mol. The first-order valence-electron chi connectivity index (χ1n) is 11.6. The molecule has 0 aromatic carbocycles. The Morgan fingerprint density at radius 2 is 2.06 bits per heavy atom. The Bertz CT molecular complexity index is 1360. The molecule has 5 heterocycles. The first-order chi connectivity index (χ1) is 16.9. The fourth-order valence-electron chi connectivity index (χ4n) is 5.41. The van der Waals surface area contributed by atoms with E-state index in [4.69, 9.17) is 4.74 Å². The lowest BCUT2D eigenvalue weighted by molar-refractivity contribution is -0.137. The number of nitrogens with zero attached hydrogens (tertiary/aromatic N) is 4. The van der Waals surface area contributed by atoms with Gasteiger partial charge < -0.3 is 18.8 Å². The van der Waals surface area contributed by atoms with Crippen LogP contribution in [0.15, 0.2) is 40.2 Å². The number of pyridine rings is 2. The number of piperidine rings is 1. The quantitative estimate of drug-likeness (QED) is 0.514. The van der Waals surface area contributed by atoms with Crippen LogP contribution < -0.4 is 11.1 Å². The lowest BCUT2D eigenvalue weighted by Crippen LogP contribution is -2.50. The van der Waals surface area contributed by atoms with Crippen LogP contribution in [0.2, 0.25) is 0 Å². The summed E-state index contributed by atoms with van der Waals surface area (Å²) in [7, 11) is 1.27. The molecular formula is C24H27N5O5S. The van der Waals surface area contributed by atoms with Gasteiger partial charge in [0.15, 0.2) is 0 Å². The number of esters is 1. The predicted molar refractivity (Wildman–Crippen MR) is 131 cm³/mol. The Labute approximate surface area is 205 Å². The third-order valence-electron chi connectivity index (χ3n) is 7.02. The van der Waals surface area contributed by atoms with Gasteiger partial charge in [-0.25, -0.2) is 9.89 Å². The molecule has 3 atom stereocenters. The van der Waals surface area contributed by atoms with E-state index in [1.54, 1.807) is 40.9 Å². The summed E-state index contributed by atoms with van der Waals surface area (Å²) in [6.07, 6.45) is 6.60. The van der Waals surface area contributed by atoms with Gasteiger partial charge in [-0.1, -0.05) is 6.07 Å². The summed E-state index contributed by atoms with van der Waals surface area (Å²) in [5, 5.41) is 6.36. The molecule has 0 spiro atoms. The highest BCUT2D eigenvalue weighted by molar-refractivity contribution is 7.98. The number of amides is 1. The van der Waals surface area contributed by atoms with Gasteiger partial charge in [0.25, 0.3) is 11.1 Å². The van der Waals surface area contributed by atoms with Gasteiger partial charge in [0.2, 0.25) is 5.91 Å². The summed E-state index contributed by atoms with van der Waals surface area (Å²) >= 11 is 1.63. The second-order valence-electron chi connectivity index (χ2n) is 9.16. The molecule has 1 aromatic heterocycles. The van der Waals surface area contributed by atoms with Crippen LogP contribution >= 0.6 is 11.8 Å². The van der Waals surface area contributed by atoms with E-state index in [2.05, 4.69) is 10.2 Å². The Hall–Kier alpha value is -3.34. The zero-order valence-corrected chi connectivity index (χ0v) is 20.4. The molecule has 0 unspecified atom stereocenters. The SMILES string of the molecule is COC(=O)c1cn([C@H](CCSC)C(=O)N2C[C@H]3C[C@@H](C2)c2cccc(=O)n2C3)cc2c(=O)[nH]nc1-2. The van der Waals surface area contributed by atoms with E-state index in [9.17, 15) is 19.2 Å². The molecule has 0 radical (unpaired) electrons. The topological polar surface area (TPSA) is 119 Å². The van der Waals surface area contributed by atoms with Crippen molar-refractivity contribution in [2.45, 2.75) is 31.3 Å². The minimum absolute atomic E-state index is 0.00236. The van der Waals surface area contributed by atoms with Crippen molar-refractivity contribution < 1.29 is 14.3 Å². The van der Waals surface area contributed by atoms with Gasteiger partial charge in [-0.3, -0.25) is 14.4 Å². The Balaban J connectivity index is 1.51. The summed E-state index contributed by atoms with van der Waals surface area (Å²) in [5.74, 6) is 0.343. The first-order valence-corrected chi connectivity index (χ1v) is 13.0. The lowest BCUT2D eigenvalue weighted by Gasteiger charge is -2.43. The number of carbonyl (C=O) groups is 2. The number of H-pyrrole nitrogens is 1. The summed E-state index contributed by atoms with van der Waals surface area (Å²) in [6, 6.07) is 4.74. The normalized spacial score (nSPS) is 19.9. The van der Waals surface area contributed by atoms with Crippen molar-refractivity contribution in [1.29, 1.82) is 0 Å². The van der Waals surface area contributed by atoms with Crippen LogP contribution in [0.1, 0.15) is 40.9 Å². The minimum Gasteiger partial charge on any atom is -0.465 e. The molecule has 1 N–H and O–H groups in total. The smallest absolute Gasteiger partial charge is 0.341 e. The van der Waals surface area contributed by atoms with E-state index in [1.165, 1.54) is 7.11 Å². The van der Waals surface area contributed by atoms with Crippen molar-refractivity contribution in [2.75, 3.05) is 32.2 Å². The molecular weight excluding hydrogens is 470 g/mol. The molecule has 11 heteroatoms. The van der Waals surface area contributed by atoms with Crippen LogP contribution in [0, 0.1) is 5.92 Å². The molecule has 0 aliphatic carbocycles. The van der Waals surface area contributed by atoms with E-state index in [-0.39, 0.29) is 40.1 Å². The van der Waals surface area contributed by atoms with Crippen LogP contribution in [0.3, 0.4) is 0 Å². The van der Waals surface area contributed by atoms with Gasteiger partial charge in [-0.15, -0.1) is 0 Å². The van der Waals surface area contributed by atoms with Gasteiger partial charge in [-0.05, 0) is 36.8 Å². The Morgan fingerprint density at radius 1 is 1.23 bits per heavy atom. The van der Waals surface area contributed by atoms with Crippen LogP contribution in [-0.2, 0) is 16.1 Å². The molecule has 10 nitrogen and oxygen atoms in total. The third-order valence-corrected chi connectivity index (χ3v) is 7.66. The number of aromatic nitrogens is 4. The number of likely N-dealkylation sites (tertiary alicyclic amines) is 1. The Morgan fingerprint density at radius 3 is 2.83 bits per heavy atom. The predicted octanol–water partition coefficient (Wildman–Crippen LogP) is 1.56. The number of methoxy groups -OCH3 is 1.